The van der Waals surface area contributed by atoms with Crippen molar-refractivity contribution in [3.8, 4) is 0 Å². The second kappa shape index (κ2) is 6.57. The number of nitrogens with one attached hydrogen (secondary N) is 2. The van der Waals surface area contributed by atoms with Gasteiger partial charge in [-0.3, -0.25) is 10.1 Å². The molecule has 0 amide bonds. The third-order valence-corrected chi connectivity index (χ3v) is 2.97. The lowest BCUT2D eigenvalue weighted by molar-refractivity contribution is -0.386. The van der Waals surface area contributed by atoms with Crippen LogP contribution >= 0.6 is 0 Å². The zero-order valence-electron chi connectivity index (χ0n) is 10.5. The van der Waals surface area contributed by atoms with Crippen molar-refractivity contribution in [2.24, 2.45) is 0 Å². The summed E-state index contributed by atoms with van der Waals surface area (Å²) >= 11 is 0. The molecule has 0 aromatic heterocycles. The highest BCUT2D eigenvalue weighted by Crippen LogP contribution is 2.28. The van der Waals surface area contributed by atoms with Crippen LogP contribution in [0.4, 0.5) is 20.2 Å². The molecule has 1 rings (SSSR count). The van der Waals surface area contributed by atoms with Gasteiger partial charge in [-0.05, 0) is 6.42 Å². The molecule has 0 saturated carbocycles. The first-order valence-electron chi connectivity index (χ1n) is 5.52. The van der Waals surface area contributed by atoms with E-state index in [1.807, 2.05) is 0 Å². The molecule has 1 aromatic carbocycles. The monoisotopic (exact) mass is 309 g/mol. The lowest BCUT2D eigenvalue weighted by Crippen LogP contribution is -2.24. The van der Waals surface area contributed by atoms with Gasteiger partial charge in [0.05, 0.1) is 11.2 Å². The number of nitro benzene ring substituents is 1. The van der Waals surface area contributed by atoms with Crippen LogP contribution in [0.1, 0.15) is 6.42 Å². The second-order valence-electron chi connectivity index (χ2n) is 3.99. The Morgan fingerprint density at radius 1 is 1.30 bits per heavy atom. The summed E-state index contributed by atoms with van der Waals surface area (Å²) in [4.78, 5) is 9.73. The summed E-state index contributed by atoms with van der Waals surface area (Å²) in [7, 11) is -3.31. The predicted molar refractivity (Wildman–Crippen MR) is 69.0 cm³/mol. The van der Waals surface area contributed by atoms with E-state index in [0.717, 1.165) is 12.3 Å². The van der Waals surface area contributed by atoms with Crippen LogP contribution in [-0.4, -0.2) is 32.7 Å². The summed E-state index contributed by atoms with van der Waals surface area (Å²) in [6.07, 6.45) is 1.29. The number of anilines is 1. The Kier molecular flexibility index (Phi) is 5.34. The maximum Gasteiger partial charge on any atom is 0.327 e. The van der Waals surface area contributed by atoms with Crippen LogP contribution in [0.5, 0.6) is 0 Å². The molecule has 0 spiro atoms. The molecule has 20 heavy (non-hydrogen) atoms. The lowest BCUT2D eigenvalue weighted by Gasteiger charge is -2.08. The average molecular weight is 309 g/mol. The largest absolute Gasteiger partial charge is 0.379 e. The normalized spacial score (nSPS) is 11.3. The van der Waals surface area contributed by atoms with Gasteiger partial charge in [-0.1, -0.05) is 0 Å². The number of halogens is 2. The third kappa shape index (κ3) is 5.05. The molecule has 0 radical (unpaired) electrons. The third-order valence-electron chi connectivity index (χ3n) is 2.24. The summed E-state index contributed by atoms with van der Waals surface area (Å²) in [6.45, 7) is 0.226. The van der Waals surface area contributed by atoms with Gasteiger partial charge in [0.25, 0.3) is 0 Å². The Balaban J connectivity index is 2.66. The Morgan fingerprint density at radius 2 is 1.95 bits per heavy atom. The summed E-state index contributed by atoms with van der Waals surface area (Å²) in [6, 6.07) is 1.24. The van der Waals surface area contributed by atoms with E-state index in [0.29, 0.717) is 12.5 Å². The molecule has 0 aliphatic heterocycles. The Bertz CT molecular complexity index is 607. The predicted octanol–water partition coefficient (Wildman–Crippen LogP) is 1.22. The first-order valence-corrected chi connectivity index (χ1v) is 7.42. The molecular weight excluding hydrogens is 296 g/mol. The van der Waals surface area contributed by atoms with Crippen LogP contribution in [0, 0.1) is 21.7 Å². The number of rotatable bonds is 7. The summed E-state index contributed by atoms with van der Waals surface area (Å²) in [5.41, 5.74) is -1.13. The maximum atomic E-state index is 13.3. The number of nitro groups is 1. The number of hydrogen-bond donors (Lipinski definition) is 2. The topological polar surface area (TPSA) is 101 Å². The van der Waals surface area contributed by atoms with E-state index in [1.165, 1.54) is 0 Å². The van der Waals surface area contributed by atoms with Crippen molar-refractivity contribution in [1.29, 1.82) is 0 Å². The minimum absolute atomic E-state index is 0.109. The first kappa shape index (κ1) is 16.2. The second-order valence-corrected chi connectivity index (χ2v) is 5.82. The van der Waals surface area contributed by atoms with Gasteiger partial charge in [0.2, 0.25) is 15.8 Å². The molecule has 0 bridgehead atoms. The van der Waals surface area contributed by atoms with Gasteiger partial charge in [-0.15, -0.1) is 0 Å². The Labute approximate surface area is 114 Å². The Morgan fingerprint density at radius 3 is 2.50 bits per heavy atom. The van der Waals surface area contributed by atoms with Crippen molar-refractivity contribution >= 4 is 21.4 Å². The van der Waals surface area contributed by atoms with Gasteiger partial charge in [0, 0.05) is 25.2 Å². The van der Waals surface area contributed by atoms with Gasteiger partial charge >= 0.3 is 5.69 Å². The van der Waals surface area contributed by atoms with Crippen LogP contribution < -0.4 is 10.0 Å². The molecule has 0 atom stereocenters. The standard InChI is InChI=1S/C10H13F2N3O4S/c1-20(18,19)14-4-2-3-13-9-6-7(11)5-8(12)10(9)15(16)17/h5-6,13-14H,2-4H2,1H3. The fourth-order valence-corrected chi connectivity index (χ4v) is 1.97. The van der Waals surface area contributed by atoms with Crippen molar-refractivity contribution in [1.82, 2.24) is 4.72 Å². The van der Waals surface area contributed by atoms with E-state index in [2.05, 4.69) is 10.0 Å². The van der Waals surface area contributed by atoms with E-state index in [-0.39, 0.29) is 18.8 Å². The molecule has 1 aromatic rings. The minimum atomic E-state index is -3.31. The molecule has 0 unspecified atom stereocenters. The SMILES string of the molecule is CS(=O)(=O)NCCCNc1cc(F)cc(F)c1[N+](=O)[O-]. The molecule has 0 aliphatic rings. The average Bonchev–Trinajstić information content (AvgIpc) is 2.25. The Hall–Kier alpha value is -1.81. The zero-order valence-corrected chi connectivity index (χ0v) is 11.3. The van der Waals surface area contributed by atoms with E-state index < -0.39 is 32.3 Å². The zero-order chi connectivity index (χ0) is 15.3. The van der Waals surface area contributed by atoms with Crippen molar-refractivity contribution in [3.63, 3.8) is 0 Å². The molecular formula is C10H13F2N3O4S. The molecule has 0 aliphatic carbocycles. The fraction of sp³-hybridized carbons (Fsp3) is 0.400. The van der Waals surface area contributed by atoms with Crippen LogP contribution in [-0.2, 0) is 10.0 Å². The van der Waals surface area contributed by atoms with E-state index in [1.54, 1.807) is 0 Å². The van der Waals surface area contributed by atoms with Crippen LogP contribution in [0.15, 0.2) is 12.1 Å². The molecule has 0 heterocycles. The molecule has 0 saturated heterocycles. The van der Waals surface area contributed by atoms with E-state index in [4.69, 9.17) is 0 Å². The summed E-state index contributed by atoms with van der Waals surface area (Å²) in [5.74, 6) is -2.21. The number of hydrogen-bond acceptors (Lipinski definition) is 5. The van der Waals surface area contributed by atoms with Crippen LogP contribution in [0.25, 0.3) is 0 Å². The summed E-state index contributed by atoms with van der Waals surface area (Å²) in [5, 5.41) is 13.2. The van der Waals surface area contributed by atoms with Crippen molar-refractivity contribution in [2.45, 2.75) is 6.42 Å². The van der Waals surface area contributed by atoms with Gasteiger partial charge in [0.1, 0.15) is 11.5 Å². The van der Waals surface area contributed by atoms with Crippen molar-refractivity contribution in [2.75, 3.05) is 24.7 Å². The molecule has 0 fully saturated rings. The smallest absolute Gasteiger partial charge is 0.327 e. The van der Waals surface area contributed by atoms with Crippen molar-refractivity contribution < 1.29 is 22.1 Å². The lowest BCUT2D eigenvalue weighted by atomic mass is 10.2. The highest BCUT2D eigenvalue weighted by atomic mass is 32.2. The number of sulfonamides is 1. The van der Waals surface area contributed by atoms with Gasteiger partial charge in [0.15, 0.2) is 0 Å². The van der Waals surface area contributed by atoms with Crippen LogP contribution in [0.3, 0.4) is 0 Å². The van der Waals surface area contributed by atoms with E-state index in [9.17, 15) is 27.3 Å². The maximum absolute atomic E-state index is 13.3. The van der Waals surface area contributed by atoms with Crippen molar-refractivity contribution in [3.05, 3.63) is 33.9 Å². The fourth-order valence-electron chi connectivity index (χ4n) is 1.46. The number of nitrogens with zero attached hydrogens (tertiary/aromatic N) is 1. The summed E-state index contributed by atoms with van der Waals surface area (Å²) < 4.78 is 50.1. The highest BCUT2D eigenvalue weighted by Gasteiger charge is 2.21. The number of benzene rings is 1. The molecule has 7 nitrogen and oxygen atoms in total. The molecule has 10 heteroatoms. The first-order chi connectivity index (χ1) is 9.20. The van der Waals surface area contributed by atoms with E-state index >= 15 is 0 Å². The van der Waals surface area contributed by atoms with Gasteiger partial charge in [-0.2, -0.15) is 4.39 Å². The minimum Gasteiger partial charge on any atom is -0.379 e. The highest BCUT2D eigenvalue weighted by molar-refractivity contribution is 7.88. The van der Waals surface area contributed by atoms with Gasteiger partial charge in [-0.25, -0.2) is 17.5 Å². The van der Waals surface area contributed by atoms with Gasteiger partial charge < -0.3 is 5.32 Å². The molecule has 112 valence electrons. The quantitative estimate of drug-likeness (QED) is 0.448. The molecule has 2 N–H and O–H groups in total. The van der Waals surface area contributed by atoms with Crippen LogP contribution in [0.2, 0.25) is 0 Å².